The molecule has 12 nitrogen and oxygen atoms in total. The number of nitrogens with one attached hydrogen (secondary N) is 1. The molecule has 5 N–H and O–H groups in total. The first-order chi connectivity index (χ1) is 19.8. The van der Waals surface area contributed by atoms with Gasteiger partial charge in [-0.3, -0.25) is 14.4 Å². The van der Waals surface area contributed by atoms with Crippen molar-refractivity contribution in [1.29, 1.82) is 0 Å². The topological polar surface area (TPSA) is 184 Å². The maximum absolute atomic E-state index is 13.6. The van der Waals surface area contributed by atoms with E-state index in [-0.39, 0.29) is 46.6 Å². The van der Waals surface area contributed by atoms with Crippen LogP contribution in [-0.4, -0.2) is 81.5 Å². The van der Waals surface area contributed by atoms with Crippen LogP contribution in [0.5, 0.6) is 17.2 Å². The van der Waals surface area contributed by atoms with E-state index < -0.39 is 83.3 Å². The second-order valence-electron chi connectivity index (χ2n) is 10.1. The van der Waals surface area contributed by atoms with Crippen LogP contribution in [0.1, 0.15) is 68.8 Å². The number of rotatable bonds is 4. The summed E-state index contributed by atoms with van der Waals surface area (Å²) in [6.07, 6.45) is -11.4. The van der Waals surface area contributed by atoms with Crippen molar-refractivity contribution in [3.63, 3.8) is 0 Å². The zero-order valence-electron chi connectivity index (χ0n) is 22.1. The molecule has 5 unspecified atom stereocenters. The second-order valence-corrected chi connectivity index (χ2v) is 10.1. The molecular weight excluding hydrogens is 569 g/mol. The lowest BCUT2D eigenvalue weighted by atomic mass is 9.76. The summed E-state index contributed by atoms with van der Waals surface area (Å²) in [6.45, 7) is 1.34. The molecule has 2 aliphatic carbocycles. The molecule has 1 amide bonds. The number of aliphatic hydroxyl groups is 1. The molecule has 224 valence electrons. The fourth-order valence-electron chi connectivity index (χ4n) is 5.64. The number of phenols is 2. The molecule has 42 heavy (non-hydrogen) atoms. The number of aromatic hydroxyl groups is 2. The lowest BCUT2D eigenvalue weighted by molar-refractivity contribution is -0.244. The van der Waals surface area contributed by atoms with Crippen LogP contribution in [0.25, 0.3) is 0 Å². The highest BCUT2D eigenvalue weighted by Gasteiger charge is 2.46. The Balaban J connectivity index is 1.56. The van der Waals surface area contributed by atoms with Gasteiger partial charge >= 0.3 is 12.1 Å². The summed E-state index contributed by atoms with van der Waals surface area (Å²) in [7, 11) is 1.29. The van der Waals surface area contributed by atoms with Gasteiger partial charge in [0.2, 0.25) is 5.78 Å². The van der Waals surface area contributed by atoms with Gasteiger partial charge in [0.05, 0.1) is 47.8 Å². The van der Waals surface area contributed by atoms with Crippen LogP contribution < -0.4 is 10.1 Å². The molecule has 1 aliphatic heterocycles. The van der Waals surface area contributed by atoms with Gasteiger partial charge in [0.1, 0.15) is 23.4 Å². The number of phenolic OH excluding ortho intramolecular Hbond substituents is 2. The molecule has 5 rings (SSSR count). The zero-order valence-corrected chi connectivity index (χ0v) is 22.1. The Morgan fingerprint density at radius 1 is 1.12 bits per heavy atom. The molecule has 1 fully saturated rings. The minimum absolute atomic E-state index is 0.0459. The molecule has 1 saturated heterocycles. The van der Waals surface area contributed by atoms with E-state index >= 15 is 0 Å². The molecule has 0 spiro atoms. The predicted molar refractivity (Wildman–Crippen MR) is 134 cm³/mol. The molecule has 0 aromatic heterocycles. The third kappa shape index (κ3) is 4.72. The van der Waals surface area contributed by atoms with Gasteiger partial charge in [0.25, 0.3) is 0 Å². The Morgan fingerprint density at radius 2 is 1.81 bits per heavy atom. The standard InChI is InChI=1S/C27H25F3N2O10/c1-9-21(33)13(31-26(38)27(28,29)30)8-16(41-9)42-15-7-10(32-39)6-12-18(15)25(37)20-19(23(12)35)22(34)11-4-3-5-14(40-2)17(11)24(20)36/h3-5,9,13,15-16,21,33,35,37,39H,6-8H2,1-2H3,(H,31,38)/b32-10-. The number of halogens is 3. The first kappa shape index (κ1) is 29.3. The molecular formula is C27H25F3N2O10. The fraction of sp³-hybridized carbons (Fsp3) is 0.407. The molecule has 1 heterocycles. The van der Waals surface area contributed by atoms with Gasteiger partial charge in [-0.1, -0.05) is 17.3 Å². The number of hydrogen-bond acceptors (Lipinski definition) is 11. The monoisotopic (exact) mass is 594 g/mol. The first-order valence-electron chi connectivity index (χ1n) is 12.7. The Labute approximate surface area is 235 Å². The van der Waals surface area contributed by atoms with Crippen LogP contribution in [0.2, 0.25) is 0 Å². The van der Waals surface area contributed by atoms with E-state index in [2.05, 4.69) is 5.16 Å². The Bertz CT molecular complexity index is 1520. The quantitative estimate of drug-likeness (QED) is 0.171. The number of amides is 1. The lowest BCUT2D eigenvalue weighted by Gasteiger charge is -2.40. The number of carbonyl (C=O) groups excluding carboxylic acids is 3. The number of oxime groups is 1. The molecule has 2 aromatic rings. The lowest BCUT2D eigenvalue weighted by Crippen LogP contribution is -2.57. The average Bonchev–Trinajstić information content (AvgIpc) is 2.94. The summed E-state index contributed by atoms with van der Waals surface area (Å²) in [5.41, 5.74) is -1.31. The number of fused-ring (bicyclic) bond motifs is 3. The van der Waals surface area contributed by atoms with E-state index in [1.165, 1.54) is 32.2 Å². The van der Waals surface area contributed by atoms with Crippen molar-refractivity contribution < 1.29 is 62.3 Å². The van der Waals surface area contributed by atoms with Crippen molar-refractivity contribution in [2.75, 3.05) is 7.11 Å². The van der Waals surface area contributed by atoms with Crippen LogP contribution in [0.4, 0.5) is 13.2 Å². The van der Waals surface area contributed by atoms with E-state index in [4.69, 9.17) is 14.2 Å². The van der Waals surface area contributed by atoms with Crippen LogP contribution in [0, 0.1) is 0 Å². The summed E-state index contributed by atoms with van der Waals surface area (Å²) in [5.74, 6) is -5.13. The number of carbonyl (C=O) groups is 3. The Hall–Kier alpha value is -4.21. The molecule has 0 saturated carbocycles. The normalized spacial score (nSPS) is 26.3. The highest BCUT2D eigenvalue weighted by Crippen LogP contribution is 2.50. The SMILES string of the molecule is COc1cccc2c1C(=O)c1c(O)c3c(c(O)c1C2=O)C/C(=N/O)CC3OC1CC(NC(=O)C(F)(F)F)C(O)C(C)O1. The highest BCUT2D eigenvalue weighted by atomic mass is 19.4. The van der Waals surface area contributed by atoms with Gasteiger partial charge in [-0.2, -0.15) is 13.2 Å². The number of ether oxygens (including phenoxy) is 3. The van der Waals surface area contributed by atoms with Gasteiger partial charge in [0, 0.05) is 36.0 Å². The van der Waals surface area contributed by atoms with Gasteiger partial charge in [-0.05, 0) is 13.0 Å². The van der Waals surface area contributed by atoms with E-state index in [0.29, 0.717) is 0 Å². The summed E-state index contributed by atoms with van der Waals surface area (Å²) in [6, 6.07) is 2.86. The number of aliphatic hydroxyl groups excluding tert-OH is 1. The van der Waals surface area contributed by atoms with Gasteiger partial charge in [-0.25, -0.2) is 0 Å². The van der Waals surface area contributed by atoms with Crippen molar-refractivity contribution in [3.8, 4) is 17.2 Å². The van der Waals surface area contributed by atoms with Gasteiger partial charge in [-0.15, -0.1) is 0 Å². The molecule has 0 bridgehead atoms. The number of methoxy groups -OCH3 is 1. The maximum atomic E-state index is 13.6. The molecule has 3 aliphatic rings. The van der Waals surface area contributed by atoms with E-state index in [9.17, 15) is 48.1 Å². The minimum Gasteiger partial charge on any atom is -0.507 e. The van der Waals surface area contributed by atoms with E-state index in [0.717, 1.165) is 0 Å². The molecule has 15 heteroatoms. The Morgan fingerprint density at radius 3 is 2.45 bits per heavy atom. The van der Waals surface area contributed by atoms with Crippen LogP contribution in [0.3, 0.4) is 0 Å². The van der Waals surface area contributed by atoms with Crippen molar-refractivity contribution in [2.24, 2.45) is 5.16 Å². The number of hydrogen-bond donors (Lipinski definition) is 5. The third-order valence-corrected chi connectivity index (χ3v) is 7.62. The van der Waals surface area contributed by atoms with Crippen LogP contribution >= 0.6 is 0 Å². The van der Waals surface area contributed by atoms with Crippen molar-refractivity contribution >= 4 is 23.2 Å². The van der Waals surface area contributed by atoms with Gasteiger partial charge in [0.15, 0.2) is 12.1 Å². The average molecular weight is 594 g/mol. The number of nitrogens with zero attached hydrogens (tertiary/aromatic N) is 1. The molecule has 2 aromatic carbocycles. The fourth-order valence-corrected chi connectivity index (χ4v) is 5.64. The highest BCUT2D eigenvalue weighted by molar-refractivity contribution is 6.31. The number of benzene rings is 2. The number of ketones is 2. The Kier molecular flexibility index (Phi) is 7.37. The predicted octanol–water partition coefficient (Wildman–Crippen LogP) is 2.26. The zero-order chi connectivity index (χ0) is 30.7. The summed E-state index contributed by atoms with van der Waals surface area (Å²) in [4.78, 5) is 38.6. The van der Waals surface area contributed by atoms with E-state index in [1.807, 2.05) is 0 Å². The van der Waals surface area contributed by atoms with Gasteiger partial charge < -0.3 is 40.1 Å². The van der Waals surface area contributed by atoms with Crippen LogP contribution in [0.15, 0.2) is 23.4 Å². The summed E-state index contributed by atoms with van der Waals surface area (Å²) >= 11 is 0. The molecule has 5 atom stereocenters. The van der Waals surface area contributed by atoms with Crippen molar-refractivity contribution in [1.82, 2.24) is 5.32 Å². The van der Waals surface area contributed by atoms with Crippen molar-refractivity contribution in [3.05, 3.63) is 51.6 Å². The molecule has 0 radical (unpaired) electrons. The third-order valence-electron chi connectivity index (χ3n) is 7.62. The minimum atomic E-state index is -5.21. The largest absolute Gasteiger partial charge is 0.507 e. The maximum Gasteiger partial charge on any atom is 0.471 e. The smallest absolute Gasteiger partial charge is 0.471 e. The summed E-state index contributed by atoms with van der Waals surface area (Å²) < 4.78 is 55.4. The summed E-state index contributed by atoms with van der Waals surface area (Å²) in [5, 5.41) is 47.5. The van der Waals surface area contributed by atoms with Crippen LogP contribution in [-0.2, 0) is 20.7 Å². The first-order valence-corrected chi connectivity index (χ1v) is 12.7. The second kappa shape index (κ2) is 10.6. The van der Waals surface area contributed by atoms with Crippen molar-refractivity contribution in [2.45, 2.75) is 63.0 Å². The van der Waals surface area contributed by atoms with E-state index in [1.54, 1.807) is 5.32 Å². The number of alkyl halides is 3.